The summed E-state index contributed by atoms with van der Waals surface area (Å²) in [6.45, 7) is 4.99. The predicted molar refractivity (Wildman–Crippen MR) is 99.0 cm³/mol. The maximum Gasteiger partial charge on any atom is 0.275 e. The van der Waals surface area contributed by atoms with Crippen molar-refractivity contribution in [2.24, 2.45) is 0 Å². The SMILES string of the molecule is O=C(C[NH+]1CCN(c2ccc(O)cc2)CC1)NCCc1ccccc1. The average molecular weight is 340 g/mol. The second-order valence-electron chi connectivity index (χ2n) is 6.52. The third kappa shape index (κ3) is 5.22. The fraction of sp³-hybridized carbons (Fsp3) is 0.350. The number of aromatic hydroxyl groups is 1. The van der Waals surface area contributed by atoms with Gasteiger partial charge in [0.2, 0.25) is 0 Å². The molecule has 0 aliphatic carbocycles. The molecule has 1 aliphatic rings. The molecule has 0 bridgehead atoms. The first-order valence-corrected chi connectivity index (χ1v) is 8.89. The Hall–Kier alpha value is -2.53. The topological polar surface area (TPSA) is 57.0 Å². The molecule has 0 unspecified atom stereocenters. The highest BCUT2D eigenvalue weighted by molar-refractivity contribution is 5.76. The molecule has 0 spiro atoms. The lowest BCUT2D eigenvalue weighted by Gasteiger charge is -2.33. The summed E-state index contributed by atoms with van der Waals surface area (Å²) in [7, 11) is 0. The molecule has 0 saturated carbocycles. The number of phenolic OH excluding ortho intramolecular Hbond substituents is 1. The quantitative estimate of drug-likeness (QED) is 0.716. The van der Waals surface area contributed by atoms with Crippen LogP contribution in [0.15, 0.2) is 54.6 Å². The molecular formula is C20H26N3O2+. The van der Waals surface area contributed by atoms with Gasteiger partial charge in [0.15, 0.2) is 6.54 Å². The van der Waals surface area contributed by atoms with E-state index in [-0.39, 0.29) is 5.91 Å². The van der Waals surface area contributed by atoms with E-state index < -0.39 is 0 Å². The van der Waals surface area contributed by atoms with Crippen LogP contribution in [0.4, 0.5) is 5.69 Å². The lowest BCUT2D eigenvalue weighted by Crippen LogP contribution is -3.16. The van der Waals surface area contributed by atoms with Crippen LogP contribution in [0.1, 0.15) is 5.56 Å². The Balaban J connectivity index is 1.37. The highest BCUT2D eigenvalue weighted by atomic mass is 16.3. The molecule has 0 atom stereocenters. The number of phenols is 1. The van der Waals surface area contributed by atoms with Gasteiger partial charge < -0.3 is 20.2 Å². The van der Waals surface area contributed by atoms with E-state index in [1.54, 1.807) is 12.1 Å². The van der Waals surface area contributed by atoms with Crippen LogP contribution in [-0.2, 0) is 11.2 Å². The van der Waals surface area contributed by atoms with Crippen molar-refractivity contribution in [1.29, 1.82) is 0 Å². The standard InChI is InChI=1S/C20H25N3O2/c24-19-8-6-18(7-9-19)23-14-12-22(13-15-23)16-20(25)21-11-10-17-4-2-1-3-5-17/h1-9,24H,10-16H2,(H,21,25)/p+1. The van der Waals surface area contributed by atoms with Crippen molar-refractivity contribution in [2.45, 2.75) is 6.42 Å². The third-order valence-electron chi connectivity index (χ3n) is 4.67. The van der Waals surface area contributed by atoms with Gasteiger partial charge in [0.1, 0.15) is 5.75 Å². The summed E-state index contributed by atoms with van der Waals surface area (Å²) in [6, 6.07) is 17.5. The van der Waals surface area contributed by atoms with Crippen molar-refractivity contribution in [3.05, 3.63) is 60.2 Å². The van der Waals surface area contributed by atoms with Gasteiger partial charge in [-0.1, -0.05) is 30.3 Å². The van der Waals surface area contributed by atoms with Crippen molar-refractivity contribution in [2.75, 3.05) is 44.2 Å². The number of amides is 1. The number of quaternary nitrogens is 1. The molecule has 1 aliphatic heterocycles. The molecule has 1 amide bonds. The normalized spacial score (nSPS) is 15.1. The van der Waals surface area contributed by atoms with Crippen LogP contribution >= 0.6 is 0 Å². The summed E-state index contributed by atoms with van der Waals surface area (Å²) in [5, 5.41) is 12.4. The number of nitrogens with one attached hydrogen (secondary N) is 2. The van der Waals surface area contributed by atoms with Gasteiger partial charge >= 0.3 is 0 Å². The zero-order chi connectivity index (χ0) is 17.5. The van der Waals surface area contributed by atoms with Crippen molar-refractivity contribution in [3.8, 4) is 5.75 Å². The van der Waals surface area contributed by atoms with E-state index in [2.05, 4.69) is 22.3 Å². The maximum absolute atomic E-state index is 12.1. The van der Waals surface area contributed by atoms with Crippen molar-refractivity contribution >= 4 is 11.6 Å². The Labute approximate surface area is 148 Å². The number of nitrogens with zero attached hydrogens (tertiary/aromatic N) is 1. The van der Waals surface area contributed by atoms with Gasteiger partial charge in [-0.3, -0.25) is 4.79 Å². The number of carbonyl (C=O) groups excluding carboxylic acids is 1. The molecule has 2 aromatic carbocycles. The Morgan fingerprint density at radius 1 is 1.04 bits per heavy atom. The number of hydrogen-bond donors (Lipinski definition) is 3. The number of piperazine rings is 1. The van der Waals surface area contributed by atoms with Crippen LogP contribution in [0, 0.1) is 0 Å². The van der Waals surface area contributed by atoms with Gasteiger partial charge in [-0.25, -0.2) is 0 Å². The smallest absolute Gasteiger partial charge is 0.275 e. The minimum atomic E-state index is 0.129. The molecule has 5 heteroatoms. The van der Waals surface area contributed by atoms with Crippen LogP contribution in [0.25, 0.3) is 0 Å². The van der Waals surface area contributed by atoms with Crippen molar-refractivity contribution < 1.29 is 14.8 Å². The van der Waals surface area contributed by atoms with E-state index in [0.29, 0.717) is 18.8 Å². The number of rotatable bonds is 6. The molecule has 5 nitrogen and oxygen atoms in total. The van der Waals surface area contributed by atoms with Gasteiger partial charge in [-0.05, 0) is 36.2 Å². The number of hydrogen-bond acceptors (Lipinski definition) is 3. The van der Waals surface area contributed by atoms with Gasteiger partial charge in [0, 0.05) is 12.2 Å². The van der Waals surface area contributed by atoms with Crippen LogP contribution in [0.2, 0.25) is 0 Å². The molecule has 3 rings (SSSR count). The van der Waals surface area contributed by atoms with Crippen LogP contribution < -0.4 is 15.1 Å². The van der Waals surface area contributed by atoms with Crippen molar-refractivity contribution in [1.82, 2.24) is 5.32 Å². The summed E-state index contributed by atoms with van der Waals surface area (Å²) < 4.78 is 0. The van der Waals surface area contributed by atoms with E-state index in [1.807, 2.05) is 30.3 Å². The number of benzene rings is 2. The zero-order valence-electron chi connectivity index (χ0n) is 14.4. The molecule has 3 N–H and O–H groups in total. The molecule has 132 valence electrons. The second kappa shape index (κ2) is 8.53. The second-order valence-corrected chi connectivity index (χ2v) is 6.52. The largest absolute Gasteiger partial charge is 0.508 e. The van der Waals surface area contributed by atoms with Crippen LogP contribution in [0.5, 0.6) is 5.75 Å². The lowest BCUT2D eigenvalue weighted by atomic mass is 10.1. The molecule has 1 saturated heterocycles. The number of carbonyl (C=O) groups is 1. The maximum atomic E-state index is 12.1. The van der Waals surface area contributed by atoms with E-state index in [0.717, 1.165) is 38.3 Å². The third-order valence-corrected chi connectivity index (χ3v) is 4.67. The molecule has 25 heavy (non-hydrogen) atoms. The first kappa shape index (κ1) is 17.3. The summed E-state index contributed by atoms with van der Waals surface area (Å²) in [5.41, 5.74) is 2.38. The fourth-order valence-electron chi connectivity index (χ4n) is 3.20. The van der Waals surface area contributed by atoms with Gasteiger partial charge in [0.05, 0.1) is 26.2 Å². The molecular weight excluding hydrogens is 314 g/mol. The Morgan fingerprint density at radius 2 is 1.72 bits per heavy atom. The summed E-state index contributed by atoms with van der Waals surface area (Å²) in [6.07, 6.45) is 0.872. The van der Waals surface area contributed by atoms with E-state index in [9.17, 15) is 9.90 Å². The lowest BCUT2D eigenvalue weighted by molar-refractivity contribution is -0.892. The number of anilines is 1. The molecule has 0 aromatic heterocycles. The van der Waals surface area contributed by atoms with Crippen LogP contribution in [0.3, 0.4) is 0 Å². The molecule has 0 radical (unpaired) electrons. The predicted octanol–water partition coefficient (Wildman–Crippen LogP) is 0.456. The Kier molecular flexibility index (Phi) is 5.90. The highest BCUT2D eigenvalue weighted by Crippen LogP contribution is 2.17. The average Bonchev–Trinajstić information content (AvgIpc) is 2.64. The first-order chi connectivity index (χ1) is 12.2. The van der Waals surface area contributed by atoms with E-state index in [1.165, 1.54) is 10.5 Å². The van der Waals surface area contributed by atoms with Gasteiger partial charge in [0.25, 0.3) is 5.91 Å². The molecule has 2 aromatic rings. The van der Waals surface area contributed by atoms with Gasteiger partial charge in [-0.15, -0.1) is 0 Å². The highest BCUT2D eigenvalue weighted by Gasteiger charge is 2.22. The van der Waals surface area contributed by atoms with Crippen molar-refractivity contribution in [3.63, 3.8) is 0 Å². The molecule has 1 heterocycles. The summed E-state index contributed by atoms with van der Waals surface area (Å²) in [4.78, 5) is 15.7. The zero-order valence-corrected chi connectivity index (χ0v) is 14.4. The summed E-state index contributed by atoms with van der Waals surface area (Å²) in [5.74, 6) is 0.421. The Bertz CT molecular complexity index is 665. The fourth-order valence-corrected chi connectivity index (χ4v) is 3.20. The van der Waals surface area contributed by atoms with Crippen LogP contribution in [-0.4, -0.2) is 50.3 Å². The summed E-state index contributed by atoms with van der Waals surface area (Å²) >= 11 is 0. The minimum absolute atomic E-state index is 0.129. The first-order valence-electron chi connectivity index (χ1n) is 8.89. The molecule has 1 fully saturated rings. The monoisotopic (exact) mass is 340 g/mol. The Morgan fingerprint density at radius 3 is 2.40 bits per heavy atom. The van der Waals surface area contributed by atoms with E-state index in [4.69, 9.17) is 0 Å². The van der Waals surface area contributed by atoms with Gasteiger partial charge in [-0.2, -0.15) is 0 Å². The minimum Gasteiger partial charge on any atom is -0.508 e. The van der Waals surface area contributed by atoms with E-state index >= 15 is 0 Å².